The minimum Gasteiger partial charge on any atom is -0.508 e. The summed E-state index contributed by atoms with van der Waals surface area (Å²) >= 11 is 0. The van der Waals surface area contributed by atoms with E-state index in [4.69, 9.17) is 17.2 Å². The van der Waals surface area contributed by atoms with Crippen molar-refractivity contribution < 1.29 is 78.6 Å². The van der Waals surface area contributed by atoms with Gasteiger partial charge in [0.05, 0.1) is 38.3 Å². The molecule has 0 aliphatic carbocycles. The largest absolute Gasteiger partial charge is 0.508 e. The minimum atomic E-state index is -1.86. The highest BCUT2D eigenvalue weighted by atomic mass is 16.4. The van der Waals surface area contributed by atoms with Crippen LogP contribution < -0.4 is 59.7 Å². The number of phenolic OH excluding ortho intramolecular Hbond substituents is 1. The van der Waals surface area contributed by atoms with Gasteiger partial charge in [-0.05, 0) is 63.1 Å². The Morgan fingerprint density at radius 3 is 1.90 bits per heavy atom. The van der Waals surface area contributed by atoms with Crippen LogP contribution in [0.5, 0.6) is 5.75 Å². The Morgan fingerprint density at radius 1 is 0.731 bits per heavy atom. The van der Waals surface area contributed by atoms with E-state index in [1.54, 1.807) is 13.8 Å². The van der Waals surface area contributed by atoms with Crippen molar-refractivity contribution in [2.24, 2.45) is 28.1 Å². The molecule has 78 heavy (non-hydrogen) atoms. The number of aliphatic carboxylic acids is 1. The number of guanidine groups is 1. The van der Waals surface area contributed by atoms with Gasteiger partial charge in [0.15, 0.2) is 5.96 Å². The van der Waals surface area contributed by atoms with Crippen LogP contribution in [0.4, 0.5) is 0 Å². The van der Waals surface area contributed by atoms with Gasteiger partial charge in [0, 0.05) is 37.8 Å². The van der Waals surface area contributed by atoms with Gasteiger partial charge in [0.1, 0.15) is 60.1 Å². The summed E-state index contributed by atoms with van der Waals surface area (Å²) in [6.45, 7) is 2.62. The fraction of sp³-hybridized carbons (Fsp3) is 0.574. The number of aliphatic imine (C=N–C) groups is 1. The average Bonchev–Trinajstić information content (AvgIpc) is 4.11. The van der Waals surface area contributed by atoms with Crippen molar-refractivity contribution in [3.63, 3.8) is 0 Å². The fourth-order valence-corrected chi connectivity index (χ4v) is 7.81. The topological polar surface area (TPSA) is 511 Å². The number of amides is 9. The van der Waals surface area contributed by atoms with Crippen molar-refractivity contribution in [3.05, 3.63) is 48.0 Å². The number of rotatable bonds is 31. The monoisotopic (exact) mass is 1100 g/mol. The van der Waals surface area contributed by atoms with Gasteiger partial charge in [-0.1, -0.05) is 26.0 Å². The molecule has 1 aliphatic heterocycles. The lowest BCUT2D eigenvalue weighted by molar-refractivity contribution is -0.145. The van der Waals surface area contributed by atoms with Gasteiger partial charge in [-0.3, -0.25) is 48.1 Å². The van der Waals surface area contributed by atoms with Crippen molar-refractivity contribution in [2.75, 3.05) is 32.8 Å². The van der Waals surface area contributed by atoms with Gasteiger partial charge >= 0.3 is 5.97 Å². The number of aromatic nitrogens is 2. The number of H-pyrrole nitrogens is 1. The molecule has 1 saturated heterocycles. The Labute approximate surface area is 447 Å². The summed E-state index contributed by atoms with van der Waals surface area (Å²) in [7, 11) is 0. The Balaban J connectivity index is 1.67. The van der Waals surface area contributed by atoms with Crippen LogP contribution in [0.3, 0.4) is 0 Å². The zero-order valence-electron chi connectivity index (χ0n) is 43.5. The lowest BCUT2D eigenvalue weighted by atomic mass is 10.0. The number of benzene rings is 1. The molecule has 31 heteroatoms. The maximum atomic E-state index is 13.9. The van der Waals surface area contributed by atoms with E-state index in [1.165, 1.54) is 43.7 Å². The standard InChI is InChI=1S/C47H73N15O16/c1-22(2)36(61-39(70)28(7-5-13-52-47(49)50)55-42(73)35(48)23(3)65)43(74)56-29(16-26-17-51-21-54-26)38(69)53-18-34(68)60-37(24(4)66)44(75)58-31(19-63)40(71)59-32(20-64)45(76)62-14-6-8-33(62)41(72)57-30(46(77)78)15-25-9-11-27(67)12-10-25/h9-12,17,21-24,28-33,35-37,63-67H,5-8,13-16,18-20,48H2,1-4H3,(H,51,54)(H,53,69)(H,55,73)(H,56,74)(H,57,72)(H,58,75)(H,59,71)(H,60,68)(H,61,70)(H,77,78)(H4,49,50,52)/t23-,24-,28+,29+,30+,31+,32+,33+,35+,36+,37+/m1/s1. The number of imidazole rings is 1. The lowest BCUT2D eigenvalue weighted by Gasteiger charge is -2.30. The highest BCUT2D eigenvalue weighted by molar-refractivity contribution is 5.98. The Bertz CT molecular complexity index is 2400. The van der Waals surface area contributed by atoms with E-state index in [0.717, 1.165) is 11.8 Å². The number of nitrogens with two attached hydrogens (primary N) is 3. The summed E-state index contributed by atoms with van der Waals surface area (Å²) in [5, 5.41) is 78.8. The number of carbonyl (C=O) groups is 10. The quantitative estimate of drug-likeness (QED) is 0.0189. The molecule has 1 aromatic carbocycles. The number of carboxylic acid groups (broad SMARTS) is 1. The van der Waals surface area contributed by atoms with E-state index in [9.17, 15) is 78.6 Å². The molecule has 3 rings (SSSR count). The molecule has 2 heterocycles. The number of hydrogen-bond donors (Lipinski definition) is 18. The van der Waals surface area contributed by atoms with E-state index >= 15 is 0 Å². The molecule has 21 N–H and O–H groups in total. The summed E-state index contributed by atoms with van der Waals surface area (Å²) in [6, 6.07) is -7.89. The van der Waals surface area contributed by atoms with Crippen LogP contribution in [0, 0.1) is 5.92 Å². The molecule has 2 aromatic rings. The second-order valence-corrected chi connectivity index (χ2v) is 18.8. The predicted octanol–water partition coefficient (Wildman–Crippen LogP) is -7.73. The smallest absolute Gasteiger partial charge is 0.326 e. The molecule has 1 aromatic heterocycles. The number of likely N-dealkylation sites (tertiary alicyclic amines) is 1. The molecule has 1 fully saturated rings. The van der Waals surface area contributed by atoms with Gasteiger partial charge in [0.25, 0.3) is 0 Å². The molecule has 1 aliphatic rings. The van der Waals surface area contributed by atoms with E-state index in [-0.39, 0.29) is 56.9 Å². The lowest BCUT2D eigenvalue weighted by Crippen LogP contribution is -2.61. The molecule has 0 bridgehead atoms. The average molecular weight is 1100 g/mol. The third-order valence-electron chi connectivity index (χ3n) is 12.2. The summed E-state index contributed by atoms with van der Waals surface area (Å²) in [5.41, 5.74) is 17.4. The number of aliphatic hydroxyl groups is 4. The molecular weight excluding hydrogens is 1030 g/mol. The van der Waals surface area contributed by atoms with E-state index in [0.29, 0.717) is 17.7 Å². The second kappa shape index (κ2) is 31.3. The van der Waals surface area contributed by atoms with Crippen molar-refractivity contribution in [1.82, 2.24) is 57.4 Å². The van der Waals surface area contributed by atoms with Crippen LogP contribution in [-0.4, -0.2) is 210 Å². The number of carboxylic acids is 1. The maximum Gasteiger partial charge on any atom is 0.326 e. The molecule has 9 amide bonds. The van der Waals surface area contributed by atoms with Gasteiger partial charge < -0.3 is 100 Å². The van der Waals surface area contributed by atoms with Crippen molar-refractivity contribution in [3.8, 4) is 5.75 Å². The van der Waals surface area contributed by atoms with Gasteiger partial charge in [0.2, 0.25) is 53.2 Å². The van der Waals surface area contributed by atoms with Crippen molar-refractivity contribution >= 4 is 65.1 Å². The van der Waals surface area contributed by atoms with Crippen molar-refractivity contribution in [2.45, 2.75) is 133 Å². The summed E-state index contributed by atoms with van der Waals surface area (Å²) < 4.78 is 0. The number of hydrogen-bond acceptors (Lipinski definition) is 18. The molecule has 31 nitrogen and oxygen atoms in total. The third kappa shape index (κ3) is 20.2. The number of aromatic amines is 1. The summed E-state index contributed by atoms with van der Waals surface area (Å²) in [6.07, 6.45) is -0.125. The Morgan fingerprint density at radius 2 is 1.33 bits per heavy atom. The number of nitrogens with one attached hydrogen (secondary N) is 9. The Hall–Kier alpha value is -8.00. The zero-order chi connectivity index (χ0) is 58.4. The number of phenols is 1. The normalized spacial score (nSPS) is 16.9. The van der Waals surface area contributed by atoms with Crippen molar-refractivity contribution in [1.29, 1.82) is 0 Å². The number of aliphatic hydroxyl groups excluding tert-OH is 4. The predicted molar refractivity (Wildman–Crippen MR) is 273 cm³/mol. The van der Waals surface area contributed by atoms with Crippen LogP contribution in [0.2, 0.25) is 0 Å². The van der Waals surface area contributed by atoms with Gasteiger partial charge in [-0.25, -0.2) is 9.78 Å². The van der Waals surface area contributed by atoms with Crippen LogP contribution >= 0.6 is 0 Å². The summed E-state index contributed by atoms with van der Waals surface area (Å²) in [5.74, 6) is -11.1. The van der Waals surface area contributed by atoms with E-state index in [1.807, 2.05) is 0 Å². The van der Waals surface area contributed by atoms with E-state index in [2.05, 4.69) is 57.5 Å². The first-order valence-corrected chi connectivity index (χ1v) is 24.8. The number of aromatic hydroxyl groups is 1. The number of carbonyl (C=O) groups excluding carboxylic acids is 9. The second-order valence-electron chi connectivity index (χ2n) is 18.8. The van der Waals surface area contributed by atoms with E-state index < -0.39 is 151 Å². The van der Waals surface area contributed by atoms with Crippen LogP contribution in [0.25, 0.3) is 0 Å². The summed E-state index contributed by atoms with van der Waals surface area (Å²) in [4.78, 5) is 145. The maximum absolute atomic E-state index is 13.9. The molecule has 11 atom stereocenters. The zero-order valence-corrected chi connectivity index (χ0v) is 43.5. The minimum absolute atomic E-state index is 0.0224. The highest BCUT2D eigenvalue weighted by Crippen LogP contribution is 2.20. The van der Waals surface area contributed by atoms with Crippen LogP contribution in [0.15, 0.2) is 41.8 Å². The third-order valence-corrected chi connectivity index (χ3v) is 12.2. The molecule has 432 valence electrons. The van der Waals surface area contributed by atoms with Gasteiger partial charge in [-0.2, -0.15) is 0 Å². The first-order chi connectivity index (χ1) is 36.8. The molecule has 0 radical (unpaired) electrons. The molecule has 0 spiro atoms. The highest BCUT2D eigenvalue weighted by Gasteiger charge is 2.40. The Kier molecular flexibility index (Phi) is 25.8. The van der Waals surface area contributed by atoms with Crippen LogP contribution in [0.1, 0.15) is 64.6 Å². The fourth-order valence-electron chi connectivity index (χ4n) is 7.81. The molecule has 0 saturated carbocycles. The SMILES string of the molecule is CC(C)[C@H](NC(=O)[C@H](CCCN=C(N)N)NC(=O)[C@@H](N)[C@@H](C)O)C(=O)N[C@@H](Cc1cnc[nH]1)C(=O)NCC(=O)N[C@H](C(=O)N[C@@H](CO)C(=O)N[C@@H](CO)C(=O)N1CCC[C@H]1C(=O)N[C@@H](Cc1ccc(O)cc1)C(=O)O)[C@@H](C)O. The molecular formula is C47H73N15O16. The molecule has 0 unspecified atom stereocenters. The first-order valence-electron chi connectivity index (χ1n) is 24.8. The first kappa shape index (κ1) is 64.3. The number of nitrogens with zero attached hydrogens (tertiary/aromatic N) is 3. The van der Waals surface area contributed by atoms with Gasteiger partial charge in [-0.15, -0.1) is 0 Å². The van der Waals surface area contributed by atoms with Crippen LogP contribution in [-0.2, 0) is 60.8 Å².